The molecule has 142 valence electrons. The highest BCUT2D eigenvalue weighted by atomic mass is 32.2. The van der Waals surface area contributed by atoms with Crippen LogP contribution in [0, 0.1) is 20.8 Å². The van der Waals surface area contributed by atoms with Crippen LogP contribution in [0.2, 0.25) is 0 Å². The molecule has 0 spiro atoms. The number of nitrogens with zero attached hydrogens (tertiary/aromatic N) is 2. The van der Waals surface area contributed by atoms with Crippen LogP contribution in [-0.4, -0.2) is 40.3 Å². The molecule has 4 nitrogen and oxygen atoms in total. The van der Waals surface area contributed by atoms with Crippen molar-refractivity contribution in [1.82, 2.24) is 14.9 Å². The summed E-state index contributed by atoms with van der Waals surface area (Å²) in [4.78, 5) is 25.1. The van der Waals surface area contributed by atoms with E-state index in [2.05, 4.69) is 55.9 Å². The summed E-state index contributed by atoms with van der Waals surface area (Å²) >= 11 is 3.35. The zero-order chi connectivity index (χ0) is 19.1. The van der Waals surface area contributed by atoms with Gasteiger partial charge in [0.1, 0.15) is 4.83 Å². The van der Waals surface area contributed by atoms with Gasteiger partial charge in [-0.25, -0.2) is 4.98 Å². The Morgan fingerprint density at radius 3 is 2.63 bits per heavy atom. The van der Waals surface area contributed by atoms with E-state index in [-0.39, 0.29) is 5.56 Å². The molecule has 3 heterocycles. The molecule has 0 aliphatic carbocycles. The summed E-state index contributed by atoms with van der Waals surface area (Å²) in [7, 11) is 2.16. The monoisotopic (exact) mass is 399 g/mol. The lowest BCUT2D eigenvalue weighted by molar-refractivity contribution is 0.282. The first-order valence-corrected chi connectivity index (χ1v) is 11.1. The van der Waals surface area contributed by atoms with Gasteiger partial charge in [-0.3, -0.25) is 4.79 Å². The summed E-state index contributed by atoms with van der Waals surface area (Å²) in [5.74, 6) is 0. The summed E-state index contributed by atoms with van der Waals surface area (Å²) in [5.41, 5.74) is 4.62. The molecule has 1 aliphatic heterocycles. The van der Waals surface area contributed by atoms with Gasteiger partial charge in [-0.1, -0.05) is 30.0 Å². The molecule has 1 saturated heterocycles. The van der Waals surface area contributed by atoms with Crippen LogP contribution in [0.3, 0.4) is 0 Å². The average molecular weight is 400 g/mol. The maximum atomic E-state index is 12.9. The zero-order valence-corrected chi connectivity index (χ0v) is 17.9. The Balaban J connectivity index is 1.72. The molecular weight excluding hydrogens is 374 g/mol. The van der Waals surface area contributed by atoms with Crippen LogP contribution < -0.4 is 5.56 Å². The second kappa shape index (κ2) is 7.41. The third-order valence-corrected chi connectivity index (χ3v) is 7.68. The number of thiophene rings is 1. The molecule has 6 heteroatoms. The largest absolute Gasteiger partial charge is 0.306 e. The predicted molar refractivity (Wildman–Crippen MR) is 116 cm³/mol. The van der Waals surface area contributed by atoms with E-state index < -0.39 is 0 Å². The summed E-state index contributed by atoms with van der Waals surface area (Å²) in [6, 6.07) is 6.40. The third kappa shape index (κ3) is 3.71. The van der Waals surface area contributed by atoms with Crippen LogP contribution in [0.25, 0.3) is 21.3 Å². The lowest BCUT2D eigenvalue weighted by Crippen LogP contribution is -2.31. The number of aromatic nitrogens is 2. The topological polar surface area (TPSA) is 49.0 Å². The molecule has 0 atom stereocenters. The van der Waals surface area contributed by atoms with Crippen molar-refractivity contribution in [2.24, 2.45) is 0 Å². The van der Waals surface area contributed by atoms with Gasteiger partial charge in [0, 0.05) is 15.7 Å². The first-order valence-electron chi connectivity index (χ1n) is 9.38. The summed E-state index contributed by atoms with van der Waals surface area (Å²) in [5, 5.41) is 2.02. The van der Waals surface area contributed by atoms with Crippen molar-refractivity contribution in [3.05, 3.63) is 44.6 Å². The predicted octanol–water partition coefficient (Wildman–Crippen LogP) is 4.76. The normalized spacial score (nSPS) is 16.3. The Labute approximate surface area is 168 Å². The van der Waals surface area contributed by atoms with E-state index in [4.69, 9.17) is 4.98 Å². The minimum atomic E-state index is -0.0204. The second-order valence-corrected chi connectivity index (χ2v) is 10.00. The van der Waals surface area contributed by atoms with Crippen molar-refractivity contribution >= 4 is 33.3 Å². The number of H-pyrrole nitrogens is 1. The minimum absolute atomic E-state index is 0.0204. The number of aromatic amines is 1. The second-order valence-electron chi connectivity index (χ2n) is 7.50. The van der Waals surface area contributed by atoms with Gasteiger partial charge in [0.05, 0.1) is 5.39 Å². The Kier molecular flexibility index (Phi) is 5.14. The zero-order valence-electron chi connectivity index (χ0n) is 16.3. The maximum Gasteiger partial charge on any atom is 0.260 e. The Morgan fingerprint density at radius 2 is 1.93 bits per heavy atom. The van der Waals surface area contributed by atoms with E-state index in [1.807, 2.05) is 0 Å². The molecule has 3 aromatic rings. The molecule has 0 saturated carbocycles. The van der Waals surface area contributed by atoms with Gasteiger partial charge in [0.25, 0.3) is 5.56 Å². The van der Waals surface area contributed by atoms with Crippen molar-refractivity contribution in [2.45, 2.75) is 44.0 Å². The van der Waals surface area contributed by atoms with Gasteiger partial charge < -0.3 is 9.88 Å². The van der Waals surface area contributed by atoms with Gasteiger partial charge >= 0.3 is 0 Å². The standard InChI is InChI=1S/C21H25N3OS2/c1-12-5-6-15(11-13(12)2)17-14(3)26-20-18(17)19(25)22-21(23-20)27-16-7-9-24(4)10-8-16/h5-6,11,16H,7-10H2,1-4H3,(H,22,23,25). The van der Waals surface area contributed by atoms with E-state index in [9.17, 15) is 4.79 Å². The van der Waals surface area contributed by atoms with Crippen molar-refractivity contribution in [3.8, 4) is 11.1 Å². The number of hydrogen-bond acceptors (Lipinski definition) is 5. The van der Waals surface area contributed by atoms with E-state index in [1.165, 1.54) is 11.1 Å². The number of hydrogen-bond donors (Lipinski definition) is 1. The lowest BCUT2D eigenvalue weighted by Gasteiger charge is -2.27. The molecular formula is C21H25N3OS2. The molecule has 0 unspecified atom stereocenters. The van der Waals surface area contributed by atoms with Crippen molar-refractivity contribution in [1.29, 1.82) is 0 Å². The molecule has 0 bridgehead atoms. The Morgan fingerprint density at radius 1 is 1.19 bits per heavy atom. The van der Waals surface area contributed by atoms with Gasteiger partial charge in [-0.2, -0.15) is 0 Å². The van der Waals surface area contributed by atoms with Crippen LogP contribution in [0.5, 0.6) is 0 Å². The van der Waals surface area contributed by atoms with Crippen LogP contribution in [0.1, 0.15) is 28.8 Å². The minimum Gasteiger partial charge on any atom is -0.306 e. The van der Waals surface area contributed by atoms with Gasteiger partial charge in [0.15, 0.2) is 5.16 Å². The van der Waals surface area contributed by atoms with Gasteiger partial charge in [-0.05, 0) is 70.4 Å². The molecule has 1 aromatic carbocycles. The van der Waals surface area contributed by atoms with Crippen LogP contribution in [0.15, 0.2) is 28.2 Å². The SMILES string of the molecule is Cc1ccc(-c2c(C)sc3nc(SC4CCN(C)CC4)[nH]c(=O)c23)cc1C. The Hall–Kier alpha value is -1.63. The number of piperidine rings is 1. The highest BCUT2D eigenvalue weighted by Crippen LogP contribution is 2.37. The molecule has 1 fully saturated rings. The van der Waals surface area contributed by atoms with Crippen molar-refractivity contribution < 1.29 is 0 Å². The number of nitrogens with one attached hydrogen (secondary N) is 1. The summed E-state index contributed by atoms with van der Waals surface area (Å²) in [6.07, 6.45) is 2.28. The number of fused-ring (bicyclic) bond motifs is 1. The lowest BCUT2D eigenvalue weighted by atomic mass is 9.99. The summed E-state index contributed by atoms with van der Waals surface area (Å²) in [6.45, 7) is 8.53. The van der Waals surface area contributed by atoms with E-state index in [0.717, 1.165) is 57.3 Å². The number of aryl methyl sites for hydroxylation is 3. The number of rotatable bonds is 3. The highest BCUT2D eigenvalue weighted by Gasteiger charge is 2.21. The number of likely N-dealkylation sites (tertiary alicyclic amines) is 1. The molecule has 27 heavy (non-hydrogen) atoms. The van der Waals surface area contributed by atoms with Crippen LogP contribution in [0.4, 0.5) is 0 Å². The number of benzene rings is 1. The van der Waals surface area contributed by atoms with Crippen LogP contribution in [-0.2, 0) is 0 Å². The molecule has 4 rings (SSSR count). The van der Waals surface area contributed by atoms with Gasteiger partial charge in [-0.15, -0.1) is 11.3 Å². The fourth-order valence-corrected chi connectivity index (χ4v) is 5.82. The molecule has 0 radical (unpaired) electrons. The molecule has 0 amide bonds. The molecule has 1 aliphatic rings. The quantitative estimate of drug-likeness (QED) is 0.645. The Bertz CT molecular complexity index is 1050. The maximum absolute atomic E-state index is 12.9. The first kappa shape index (κ1) is 18.7. The van der Waals surface area contributed by atoms with Crippen molar-refractivity contribution in [3.63, 3.8) is 0 Å². The van der Waals surface area contributed by atoms with E-state index in [0.29, 0.717) is 5.25 Å². The van der Waals surface area contributed by atoms with E-state index in [1.54, 1.807) is 23.1 Å². The van der Waals surface area contributed by atoms with Crippen LogP contribution >= 0.6 is 23.1 Å². The fourth-order valence-electron chi connectivity index (χ4n) is 3.66. The average Bonchev–Trinajstić information content (AvgIpc) is 2.96. The highest BCUT2D eigenvalue weighted by molar-refractivity contribution is 7.99. The third-order valence-electron chi connectivity index (χ3n) is 5.46. The smallest absolute Gasteiger partial charge is 0.260 e. The van der Waals surface area contributed by atoms with Crippen molar-refractivity contribution in [2.75, 3.05) is 20.1 Å². The summed E-state index contributed by atoms with van der Waals surface area (Å²) < 4.78 is 0. The van der Waals surface area contributed by atoms with E-state index >= 15 is 0 Å². The first-order chi connectivity index (χ1) is 12.9. The molecule has 2 aromatic heterocycles. The fraction of sp³-hybridized carbons (Fsp3) is 0.429. The van der Waals surface area contributed by atoms with Gasteiger partial charge in [0.2, 0.25) is 0 Å². The number of thioether (sulfide) groups is 1. The molecule has 1 N–H and O–H groups in total.